The van der Waals surface area contributed by atoms with Crippen LogP contribution in [-0.4, -0.2) is 42.4 Å². The number of carbonyl (C=O) groups excluding carboxylic acids is 3. The van der Waals surface area contributed by atoms with Gasteiger partial charge >= 0.3 is 5.97 Å². The Hall–Kier alpha value is -3.15. The molecular formula is C21H22N2O4. The van der Waals surface area contributed by atoms with Crippen LogP contribution in [0.1, 0.15) is 18.4 Å². The molecule has 0 aliphatic carbocycles. The molecule has 0 unspecified atom stereocenters. The topological polar surface area (TPSA) is 66.9 Å². The minimum absolute atomic E-state index is 0.00952. The molecule has 1 fully saturated rings. The predicted molar refractivity (Wildman–Crippen MR) is 101 cm³/mol. The fourth-order valence-electron chi connectivity index (χ4n) is 3.23. The summed E-state index contributed by atoms with van der Waals surface area (Å²) in [6.45, 7) is 0.324. The minimum Gasteiger partial charge on any atom is -0.469 e. The molecule has 6 nitrogen and oxygen atoms in total. The summed E-state index contributed by atoms with van der Waals surface area (Å²) >= 11 is 0. The number of esters is 1. The average Bonchev–Trinajstić information content (AvgIpc) is 2.71. The number of piperazine rings is 1. The highest BCUT2D eigenvalue weighted by atomic mass is 16.5. The van der Waals surface area contributed by atoms with Crippen molar-refractivity contribution in [3.05, 3.63) is 66.2 Å². The molecule has 0 aromatic heterocycles. The highest BCUT2D eigenvalue weighted by molar-refractivity contribution is 6.06. The third-order valence-electron chi connectivity index (χ3n) is 4.65. The lowest BCUT2D eigenvalue weighted by Crippen LogP contribution is -2.59. The standard InChI is InChI=1S/C21H22N2O4/c1-27-20(25)13-12-18-21(26)22(17-10-6-3-7-11-17)15-19(24)23(18)14-16-8-4-2-5-9-16/h2-11,18H,12-15H2,1H3/t18-/m0/s1. The molecule has 0 N–H and O–H groups in total. The van der Waals surface area contributed by atoms with Crippen molar-refractivity contribution in [1.29, 1.82) is 0 Å². The number of anilines is 1. The Morgan fingerprint density at radius 1 is 1.04 bits per heavy atom. The van der Waals surface area contributed by atoms with Crippen LogP contribution in [0.2, 0.25) is 0 Å². The highest BCUT2D eigenvalue weighted by Crippen LogP contribution is 2.25. The lowest BCUT2D eigenvalue weighted by atomic mass is 10.0. The van der Waals surface area contributed by atoms with Gasteiger partial charge in [0, 0.05) is 18.7 Å². The zero-order chi connectivity index (χ0) is 19.2. The second kappa shape index (κ2) is 8.49. The normalized spacial score (nSPS) is 17.1. The monoisotopic (exact) mass is 366 g/mol. The van der Waals surface area contributed by atoms with Gasteiger partial charge in [-0.15, -0.1) is 0 Å². The molecule has 1 aliphatic rings. The molecule has 2 amide bonds. The first-order valence-electron chi connectivity index (χ1n) is 8.87. The number of benzene rings is 2. The van der Waals surface area contributed by atoms with Gasteiger partial charge in [0.2, 0.25) is 11.8 Å². The van der Waals surface area contributed by atoms with Crippen LogP contribution in [0.5, 0.6) is 0 Å². The summed E-state index contributed by atoms with van der Waals surface area (Å²) in [6, 6.07) is 17.9. The van der Waals surface area contributed by atoms with Crippen molar-refractivity contribution in [2.24, 2.45) is 0 Å². The van der Waals surface area contributed by atoms with Crippen molar-refractivity contribution in [3.63, 3.8) is 0 Å². The molecule has 1 heterocycles. The molecule has 2 aromatic rings. The van der Waals surface area contributed by atoms with Crippen LogP contribution in [0.25, 0.3) is 0 Å². The van der Waals surface area contributed by atoms with Gasteiger partial charge in [-0.3, -0.25) is 14.4 Å². The smallest absolute Gasteiger partial charge is 0.305 e. The maximum atomic E-state index is 13.2. The first kappa shape index (κ1) is 18.6. The molecule has 1 aliphatic heterocycles. The van der Waals surface area contributed by atoms with Crippen molar-refractivity contribution < 1.29 is 19.1 Å². The van der Waals surface area contributed by atoms with E-state index in [4.69, 9.17) is 4.74 Å². The lowest BCUT2D eigenvalue weighted by Gasteiger charge is -2.40. The fourth-order valence-corrected chi connectivity index (χ4v) is 3.23. The van der Waals surface area contributed by atoms with Crippen molar-refractivity contribution in [2.45, 2.75) is 25.4 Å². The SMILES string of the molecule is COC(=O)CC[C@H]1C(=O)N(c2ccccc2)CC(=O)N1Cc1ccccc1. The lowest BCUT2D eigenvalue weighted by molar-refractivity contribution is -0.146. The van der Waals surface area contributed by atoms with E-state index < -0.39 is 12.0 Å². The van der Waals surface area contributed by atoms with Crippen molar-refractivity contribution >= 4 is 23.5 Å². The summed E-state index contributed by atoms with van der Waals surface area (Å²) < 4.78 is 4.70. The molecule has 0 spiro atoms. The Morgan fingerprint density at radius 3 is 2.30 bits per heavy atom. The van der Waals surface area contributed by atoms with E-state index in [0.717, 1.165) is 5.56 Å². The van der Waals surface area contributed by atoms with Gasteiger partial charge in [0.05, 0.1) is 7.11 Å². The summed E-state index contributed by atoms with van der Waals surface area (Å²) in [6.07, 6.45) is 0.307. The zero-order valence-electron chi connectivity index (χ0n) is 15.2. The number of carbonyl (C=O) groups is 3. The second-order valence-electron chi connectivity index (χ2n) is 6.40. The summed E-state index contributed by atoms with van der Waals surface area (Å²) in [5.41, 5.74) is 1.62. The Kier molecular flexibility index (Phi) is 5.86. The van der Waals surface area contributed by atoms with Crippen LogP contribution >= 0.6 is 0 Å². The molecule has 0 saturated carbocycles. The number of nitrogens with zero attached hydrogens (tertiary/aromatic N) is 2. The van der Waals surface area contributed by atoms with Crippen LogP contribution in [0.3, 0.4) is 0 Å². The summed E-state index contributed by atoms with van der Waals surface area (Å²) in [4.78, 5) is 40.7. The molecule has 3 rings (SSSR count). The molecule has 0 bridgehead atoms. The minimum atomic E-state index is -0.703. The van der Waals surface area contributed by atoms with E-state index in [0.29, 0.717) is 12.2 Å². The van der Waals surface area contributed by atoms with E-state index in [9.17, 15) is 14.4 Å². The van der Waals surface area contributed by atoms with E-state index >= 15 is 0 Å². The third kappa shape index (κ3) is 4.34. The number of para-hydroxylation sites is 1. The first-order valence-corrected chi connectivity index (χ1v) is 8.87. The molecule has 27 heavy (non-hydrogen) atoms. The number of hydrogen-bond acceptors (Lipinski definition) is 4. The Balaban J connectivity index is 1.86. The number of hydrogen-bond donors (Lipinski definition) is 0. The Bertz CT molecular complexity index is 807. The van der Waals surface area contributed by atoms with Gasteiger partial charge in [0.1, 0.15) is 12.6 Å². The summed E-state index contributed by atoms with van der Waals surface area (Å²) in [5.74, 6) is -0.718. The van der Waals surface area contributed by atoms with Crippen LogP contribution in [0, 0.1) is 0 Å². The number of amides is 2. The van der Waals surface area contributed by atoms with Gasteiger partial charge in [-0.2, -0.15) is 0 Å². The van der Waals surface area contributed by atoms with Gasteiger partial charge < -0.3 is 14.5 Å². The molecule has 2 aromatic carbocycles. The predicted octanol–water partition coefficient (Wildman–Crippen LogP) is 2.38. The van der Waals surface area contributed by atoms with Crippen LogP contribution in [-0.2, 0) is 25.7 Å². The van der Waals surface area contributed by atoms with Gasteiger partial charge in [-0.1, -0.05) is 48.5 Å². The van der Waals surface area contributed by atoms with Crippen molar-refractivity contribution in [2.75, 3.05) is 18.6 Å². The summed E-state index contributed by atoms with van der Waals surface area (Å²) in [5, 5.41) is 0. The third-order valence-corrected chi connectivity index (χ3v) is 4.65. The number of methoxy groups -OCH3 is 1. The largest absolute Gasteiger partial charge is 0.469 e. The van der Waals surface area contributed by atoms with E-state index in [1.165, 1.54) is 12.0 Å². The number of rotatable bonds is 6. The molecule has 0 radical (unpaired) electrons. The maximum Gasteiger partial charge on any atom is 0.305 e. The van der Waals surface area contributed by atoms with Crippen LogP contribution in [0.15, 0.2) is 60.7 Å². The van der Waals surface area contributed by atoms with Crippen LogP contribution in [0.4, 0.5) is 5.69 Å². The Labute approximate surface area is 158 Å². The quantitative estimate of drug-likeness (QED) is 0.736. The molecule has 1 atom stereocenters. The van der Waals surface area contributed by atoms with Gasteiger partial charge in [0.25, 0.3) is 0 Å². The first-order chi connectivity index (χ1) is 13.1. The van der Waals surface area contributed by atoms with Gasteiger partial charge in [-0.05, 0) is 24.1 Å². The van der Waals surface area contributed by atoms with E-state index in [1.54, 1.807) is 17.0 Å². The van der Waals surface area contributed by atoms with E-state index in [1.807, 2.05) is 48.5 Å². The maximum absolute atomic E-state index is 13.2. The highest BCUT2D eigenvalue weighted by Gasteiger charge is 2.39. The summed E-state index contributed by atoms with van der Waals surface area (Å²) in [7, 11) is 1.31. The van der Waals surface area contributed by atoms with E-state index in [-0.39, 0.29) is 31.2 Å². The molecular weight excluding hydrogens is 344 g/mol. The van der Waals surface area contributed by atoms with Crippen LogP contribution < -0.4 is 4.90 Å². The second-order valence-corrected chi connectivity index (χ2v) is 6.40. The van der Waals surface area contributed by atoms with Gasteiger partial charge in [-0.25, -0.2) is 0 Å². The van der Waals surface area contributed by atoms with Gasteiger partial charge in [0.15, 0.2) is 0 Å². The van der Waals surface area contributed by atoms with Crippen molar-refractivity contribution in [3.8, 4) is 0 Å². The molecule has 1 saturated heterocycles. The molecule has 6 heteroatoms. The molecule has 140 valence electrons. The Morgan fingerprint density at radius 2 is 1.67 bits per heavy atom. The fraction of sp³-hybridized carbons (Fsp3) is 0.286. The average molecular weight is 366 g/mol. The van der Waals surface area contributed by atoms with Crippen molar-refractivity contribution in [1.82, 2.24) is 4.90 Å². The number of ether oxygens (including phenoxy) is 1. The van der Waals surface area contributed by atoms with E-state index in [2.05, 4.69) is 0 Å². The zero-order valence-corrected chi connectivity index (χ0v) is 15.2.